The minimum Gasteiger partial charge on any atom is -0.497 e. The Morgan fingerprint density at radius 3 is 2.41 bits per heavy atom. The molecule has 0 saturated carbocycles. The fourth-order valence-corrected chi connectivity index (χ4v) is 2.26. The van der Waals surface area contributed by atoms with Crippen molar-refractivity contribution < 1.29 is 13.9 Å². The molecule has 118 valence electrons. The third-order valence-corrected chi connectivity index (χ3v) is 3.54. The summed E-state index contributed by atoms with van der Waals surface area (Å²) in [4.78, 5) is 14.1. The smallest absolute Gasteiger partial charge is 0.287 e. The highest BCUT2D eigenvalue weighted by molar-refractivity contribution is 5.91. The summed E-state index contributed by atoms with van der Waals surface area (Å²) in [5.41, 5.74) is 1.11. The monoisotopic (exact) mass is 302 g/mol. The van der Waals surface area contributed by atoms with Crippen LogP contribution in [0.3, 0.4) is 0 Å². The number of hydrogen-bond acceptors (Lipinski definition) is 4. The molecule has 0 fully saturated rings. The van der Waals surface area contributed by atoms with E-state index < -0.39 is 0 Å². The van der Waals surface area contributed by atoms with E-state index in [0.717, 1.165) is 17.1 Å². The normalized spacial score (nSPS) is 12.2. The fourth-order valence-electron chi connectivity index (χ4n) is 2.26. The van der Waals surface area contributed by atoms with Gasteiger partial charge in [-0.3, -0.25) is 4.79 Å². The van der Waals surface area contributed by atoms with Gasteiger partial charge in [0.05, 0.1) is 13.2 Å². The number of carbonyl (C=O) groups is 1. The molecule has 5 heteroatoms. The van der Waals surface area contributed by atoms with Crippen molar-refractivity contribution in [3.8, 4) is 5.75 Å². The zero-order valence-electron chi connectivity index (χ0n) is 13.4. The number of hydrogen-bond donors (Lipinski definition) is 1. The van der Waals surface area contributed by atoms with Gasteiger partial charge in [0.25, 0.3) is 5.91 Å². The third kappa shape index (κ3) is 3.89. The molecule has 2 aromatic rings. The Bertz CT molecular complexity index is 617. The summed E-state index contributed by atoms with van der Waals surface area (Å²) >= 11 is 0. The summed E-state index contributed by atoms with van der Waals surface area (Å²) in [6, 6.07) is 11.4. The third-order valence-electron chi connectivity index (χ3n) is 3.54. The summed E-state index contributed by atoms with van der Waals surface area (Å²) in [6.07, 6.45) is 0. The molecule has 0 radical (unpaired) electrons. The van der Waals surface area contributed by atoms with Crippen LogP contribution in [0.2, 0.25) is 0 Å². The topological polar surface area (TPSA) is 54.7 Å². The van der Waals surface area contributed by atoms with Crippen LogP contribution in [0.25, 0.3) is 0 Å². The summed E-state index contributed by atoms with van der Waals surface area (Å²) in [6.45, 7) is 2.31. The number of nitrogens with zero attached hydrogens (tertiary/aromatic N) is 1. The number of aryl methyl sites for hydroxylation is 1. The van der Waals surface area contributed by atoms with Gasteiger partial charge in [0.2, 0.25) is 0 Å². The van der Waals surface area contributed by atoms with E-state index >= 15 is 0 Å². The van der Waals surface area contributed by atoms with Crippen molar-refractivity contribution in [2.24, 2.45) is 0 Å². The molecule has 0 spiro atoms. The molecule has 1 heterocycles. The van der Waals surface area contributed by atoms with Crippen LogP contribution in [0.15, 0.2) is 40.8 Å². The SMILES string of the molecule is COc1ccc(C(CNC(=O)c2ccc(C)o2)N(C)C)cc1. The van der Waals surface area contributed by atoms with Crippen molar-refractivity contribution in [3.05, 3.63) is 53.5 Å². The van der Waals surface area contributed by atoms with Gasteiger partial charge in [-0.2, -0.15) is 0 Å². The average molecular weight is 302 g/mol. The van der Waals surface area contributed by atoms with Gasteiger partial charge in [-0.15, -0.1) is 0 Å². The van der Waals surface area contributed by atoms with Gasteiger partial charge in [-0.05, 0) is 50.8 Å². The van der Waals surface area contributed by atoms with Crippen LogP contribution in [0.1, 0.15) is 27.9 Å². The Labute approximate surface area is 130 Å². The first kappa shape index (κ1) is 16.1. The minimum atomic E-state index is -0.200. The van der Waals surface area contributed by atoms with Crippen LogP contribution in [-0.4, -0.2) is 38.6 Å². The molecular formula is C17H22N2O3. The number of furan rings is 1. The van der Waals surface area contributed by atoms with Crippen LogP contribution in [-0.2, 0) is 0 Å². The molecular weight excluding hydrogens is 280 g/mol. The molecule has 0 aliphatic heterocycles. The lowest BCUT2D eigenvalue weighted by Crippen LogP contribution is -2.34. The van der Waals surface area contributed by atoms with E-state index in [1.165, 1.54) is 0 Å². The predicted octanol–water partition coefficient (Wildman–Crippen LogP) is 2.63. The zero-order chi connectivity index (χ0) is 16.1. The second kappa shape index (κ2) is 7.13. The van der Waals surface area contributed by atoms with Crippen molar-refractivity contribution in [2.75, 3.05) is 27.7 Å². The Balaban J connectivity index is 2.03. The maximum Gasteiger partial charge on any atom is 0.287 e. The number of methoxy groups -OCH3 is 1. The Morgan fingerprint density at radius 1 is 1.23 bits per heavy atom. The lowest BCUT2D eigenvalue weighted by Gasteiger charge is -2.25. The number of nitrogens with one attached hydrogen (secondary N) is 1. The van der Waals surface area contributed by atoms with Crippen molar-refractivity contribution >= 4 is 5.91 Å². The molecule has 2 rings (SSSR count). The van der Waals surface area contributed by atoms with E-state index in [9.17, 15) is 4.79 Å². The molecule has 1 aromatic heterocycles. The summed E-state index contributed by atoms with van der Waals surface area (Å²) in [5.74, 6) is 1.68. The Kier molecular flexibility index (Phi) is 5.22. The van der Waals surface area contributed by atoms with Gasteiger partial charge < -0.3 is 19.4 Å². The largest absolute Gasteiger partial charge is 0.497 e. The summed E-state index contributed by atoms with van der Waals surface area (Å²) in [7, 11) is 5.61. The lowest BCUT2D eigenvalue weighted by molar-refractivity contribution is 0.0913. The maximum absolute atomic E-state index is 12.1. The van der Waals surface area contributed by atoms with Gasteiger partial charge in [0, 0.05) is 6.54 Å². The molecule has 1 N–H and O–H groups in total. The molecule has 1 unspecified atom stereocenters. The van der Waals surface area contributed by atoms with E-state index in [1.54, 1.807) is 19.2 Å². The van der Waals surface area contributed by atoms with Crippen molar-refractivity contribution in [3.63, 3.8) is 0 Å². The number of amides is 1. The zero-order valence-corrected chi connectivity index (χ0v) is 13.4. The van der Waals surface area contributed by atoms with Crippen LogP contribution < -0.4 is 10.1 Å². The highest BCUT2D eigenvalue weighted by Crippen LogP contribution is 2.20. The van der Waals surface area contributed by atoms with E-state index in [2.05, 4.69) is 10.2 Å². The number of rotatable bonds is 6. The van der Waals surface area contributed by atoms with Crippen molar-refractivity contribution in [2.45, 2.75) is 13.0 Å². The average Bonchev–Trinajstić information content (AvgIpc) is 2.94. The van der Waals surface area contributed by atoms with E-state index in [1.807, 2.05) is 45.3 Å². The molecule has 1 aromatic carbocycles. The summed E-state index contributed by atoms with van der Waals surface area (Å²) in [5, 5.41) is 2.92. The van der Waals surface area contributed by atoms with Crippen LogP contribution in [0.4, 0.5) is 0 Å². The highest BCUT2D eigenvalue weighted by atomic mass is 16.5. The molecule has 0 saturated heterocycles. The maximum atomic E-state index is 12.1. The first-order valence-corrected chi connectivity index (χ1v) is 7.16. The van der Waals surface area contributed by atoms with Crippen molar-refractivity contribution in [1.82, 2.24) is 10.2 Å². The fraction of sp³-hybridized carbons (Fsp3) is 0.353. The summed E-state index contributed by atoms with van der Waals surface area (Å²) < 4.78 is 10.5. The molecule has 1 atom stereocenters. The number of ether oxygens (including phenoxy) is 1. The molecule has 0 aliphatic rings. The first-order valence-electron chi connectivity index (χ1n) is 7.16. The van der Waals surface area contributed by atoms with Gasteiger partial charge in [0.15, 0.2) is 5.76 Å². The number of likely N-dealkylation sites (N-methyl/N-ethyl adjacent to an activating group) is 1. The van der Waals surface area contributed by atoms with Crippen LogP contribution in [0, 0.1) is 6.92 Å². The second-order valence-corrected chi connectivity index (χ2v) is 5.37. The molecule has 0 bridgehead atoms. The molecule has 22 heavy (non-hydrogen) atoms. The number of carbonyl (C=O) groups excluding carboxylic acids is 1. The lowest BCUT2D eigenvalue weighted by atomic mass is 10.1. The van der Waals surface area contributed by atoms with Gasteiger partial charge in [-0.1, -0.05) is 12.1 Å². The van der Waals surface area contributed by atoms with Crippen LogP contribution >= 0.6 is 0 Å². The van der Waals surface area contributed by atoms with E-state index in [-0.39, 0.29) is 11.9 Å². The van der Waals surface area contributed by atoms with Gasteiger partial charge in [0.1, 0.15) is 11.5 Å². The predicted molar refractivity (Wildman–Crippen MR) is 85.2 cm³/mol. The van der Waals surface area contributed by atoms with E-state index in [0.29, 0.717) is 12.3 Å². The second-order valence-electron chi connectivity index (χ2n) is 5.37. The molecule has 0 aliphatic carbocycles. The van der Waals surface area contributed by atoms with Crippen LogP contribution in [0.5, 0.6) is 5.75 Å². The highest BCUT2D eigenvalue weighted by Gasteiger charge is 2.17. The first-order chi connectivity index (χ1) is 10.5. The van der Waals surface area contributed by atoms with E-state index in [4.69, 9.17) is 9.15 Å². The molecule has 1 amide bonds. The van der Waals surface area contributed by atoms with Gasteiger partial charge in [-0.25, -0.2) is 0 Å². The minimum absolute atomic E-state index is 0.0749. The van der Waals surface area contributed by atoms with Crippen molar-refractivity contribution in [1.29, 1.82) is 0 Å². The Hall–Kier alpha value is -2.27. The standard InChI is InChI=1S/C17H22N2O3/c1-12-5-10-16(22-12)17(20)18-11-15(19(2)3)13-6-8-14(21-4)9-7-13/h5-10,15H,11H2,1-4H3,(H,18,20). The van der Waals surface area contributed by atoms with Gasteiger partial charge >= 0.3 is 0 Å². The molecule has 5 nitrogen and oxygen atoms in total. The Morgan fingerprint density at radius 2 is 1.91 bits per heavy atom. The quantitative estimate of drug-likeness (QED) is 0.891. The number of benzene rings is 1.